The molecule has 2 heterocycles. The van der Waals surface area contributed by atoms with Gasteiger partial charge in [0.15, 0.2) is 0 Å². The molecule has 214 valence electrons. The molecule has 0 unspecified atom stereocenters. The summed E-state index contributed by atoms with van der Waals surface area (Å²) in [4.78, 5) is 9.13. The maximum absolute atomic E-state index is 4.70. The highest BCUT2D eigenvalue weighted by atomic mass is 14.8. The SMILES string of the molecule is c1ccc(-c2ccc(-c3ccc4cc(-c5c6ccccc6c(-c6cccc7ccccc67)c6ccccc56)ccc4c3)cn2)nc1. The number of hydrogen-bond donors (Lipinski definition) is 0. The summed E-state index contributed by atoms with van der Waals surface area (Å²) in [5.41, 5.74) is 9.05. The van der Waals surface area contributed by atoms with Crippen molar-refractivity contribution in [3.63, 3.8) is 0 Å². The van der Waals surface area contributed by atoms with Gasteiger partial charge in [-0.05, 0) is 101 Å². The van der Waals surface area contributed by atoms with Gasteiger partial charge in [0.2, 0.25) is 0 Å². The van der Waals surface area contributed by atoms with Crippen molar-refractivity contribution in [2.24, 2.45) is 0 Å². The second-order valence-corrected chi connectivity index (χ2v) is 11.8. The van der Waals surface area contributed by atoms with Crippen molar-refractivity contribution in [2.75, 3.05) is 0 Å². The molecule has 0 bridgehead atoms. The van der Waals surface area contributed by atoms with Crippen LogP contribution in [0.15, 0.2) is 170 Å². The maximum atomic E-state index is 4.70. The lowest BCUT2D eigenvalue weighted by molar-refractivity contribution is 1.25. The number of aromatic nitrogens is 2. The predicted molar refractivity (Wildman–Crippen MR) is 194 cm³/mol. The van der Waals surface area contributed by atoms with Crippen LogP contribution in [0, 0.1) is 0 Å². The van der Waals surface area contributed by atoms with Crippen LogP contribution in [0.4, 0.5) is 0 Å². The molecule has 0 amide bonds. The molecule has 0 aliphatic heterocycles. The molecular formula is C44H28N2. The summed E-state index contributed by atoms with van der Waals surface area (Å²) in [5.74, 6) is 0. The van der Waals surface area contributed by atoms with E-state index in [4.69, 9.17) is 4.98 Å². The molecule has 0 saturated heterocycles. The lowest BCUT2D eigenvalue weighted by Crippen LogP contribution is -1.91. The topological polar surface area (TPSA) is 25.8 Å². The van der Waals surface area contributed by atoms with E-state index in [1.54, 1.807) is 6.20 Å². The van der Waals surface area contributed by atoms with E-state index in [2.05, 4.69) is 138 Å². The molecule has 7 aromatic carbocycles. The minimum Gasteiger partial charge on any atom is -0.255 e. The fourth-order valence-electron chi connectivity index (χ4n) is 6.98. The molecule has 0 radical (unpaired) electrons. The Morgan fingerprint density at radius 2 is 0.891 bits per heavy atom. The quantitative estimate of drug-likeness (QED) is 0.192. The highest BCUT2D eigenvalue weighted by Gasteiger charge is 2.18. The third-order valence-corrected chi connectivity index (χ3v) is 9.14. The molecule has 9 aromatic rings. The molecule has 0 N–H and O–H groups in total. The maximum Gasteiger partial charge on any atom is 0.0886 e. The van der Waals surface area contributed by atoms with Crippen LogP contribution in [0.3, 0.4) is 0 Å². The number of hydrogen-bond acceptors (Lipinski definition) is 2. The molecule has 9 rings (SSSR count). The van der Waals surface area contributed by atoms with Gasteiger partial charge >= 0.3 is 0 Å². The van der Waals surface area contributed by atoms with Crippen LogP contribution < -0.4 is 0 Å². The molecule has 0 aliphatic rings. The largest absolute Gasteiger partial charge is 0.255 e. The van der Waals surface area contributed by atoms with Gasteiger partial charge in [0.25, 0.3) is 0 Å². The van der Waals surface area contributed by atoms with Gasteiger partial charge in [0.1, 0.15) is 0 Å². The highest BCUT2D eigenvalue weighted by Crippen LogP contribution is 2.45. The summed E-state index contributed by atoms with van der Waals surface area (Å²) in [6.07, 6.45) is 3.74. The first-order chi connectivity index (χ1) is 22.8. The van der Waals surface area contributed by atoms with Gasteiger partial charge in [0, 0.05) is 18.0 Å². The number of benzene rings is 7. The van der Waals surface area contributed by atoms with Crippen molar-refractivity contribution in [2.45, 2.75) is 0 Å². The average Bonchev–Trinajstić information content (AvgIpc) is 3.13. The van der Waals surface area contributed by atoms with Crippen LogP contribution in [-0.4, -0.2) is 9.97 Å². The molecule has 0 saturated carbocycles. The fraction of sp³-hybridized carbons (Fsp3) is 0. The summed E-state index contributed by atoms with van der Waals surface area (Å²) in [7, 11) is 0. The second-order valence-electron chi connectivity index (χ2n) is 11.8. The summed E-state index contributed by atoms with van der Waals surface area (Å²) in [6, 6.07) is 56.7. The highest BCUT2D eigenvalue weighted by molar-refractivity contribution is 6.23. The first kappa shape index (κ1) is 26.3. The van der Waals surface area contributed by atoms with Crippen LogP contribution in [0.2, 0.25) is 0 Å². The van der Waals surface area contributed by atoms with E-state index in [-0.39, 0.29) is 0 Å². The Kier molecular flexibility index (Phi) is 6.17. The van der Waals surface area contributed by atoms with E-state index in [9.17, 15) is 0 Å². The molecule has 2 nitrogen and oxygen atoms in total. The van der Waals surface area contributed by atoms with Crippen LogP contribution in [0.1, 0.15) is 0 Å². The predicted octanol–water partition coefficient (Wildman–Crippen LogP) is 11.8. The van der Waals surface area contributed by atoms with E-state index in [1.807, 2.05) is 30.5 Å². The van der Waals surface area contributed by atoms with Crippen molar-refractivity contribution in [3.05, 3.63) is 170 Å². The van der Waals surface area contributed by atoms with Crippen LogP contribution in [0.5, 0.6) is 0 Å². The monoisotopic (exact) mass is 584 g/mol. The van der Waals surface area contributed by atoms with E-state index in [0.29, 0.717) is 0 Å². The smallest absolute Gasteiger partial charge is 0.0886 e. The second kappa shape index (κ2) is 10.8. The van der Waals surface area contributed by atoms with Gasteiger partial charge in [-0.2, -0.15) is 0 Å². The molecule has 0 fully saturated rings. The number of rotatable bonds is 4. The zero-order chi connectivity index (χ0) is 30.5. The van der Waals surface area contributed by atoms with Crippen molar-refractivity contribution in [1.82, 2.24) is 9.97 Å². The van der Waals surface area contributed by atoms with Crippen LogP contribution in [0.25, 0.3) is 87.9 Å². The molecule has 46 heavy (non-hydrogen) atoms. The van der Waals surface area contributed by atoms with Crippen molar-refractivity contribution in [3.8, 4) is 44.8 Å². The Bertz CT molecular complexity index is 2500. The summed E-state index contributed by atoms with van der Waals surface area (Å²) in [6.45, 7) is 0. The number of nitrogens with zero attached hydrogens (tertiary/aromatic N) is 2. The Balaban J connectivity index is 1.19. The Morgan fingerprint density at radius 1 is 0.326 bits per heavy atom. The zero-order valence-electron chi connectivity index (χ0n) is 25.1. The summed E-state index contributed by atoms with van der Waals surface area (Å²) >= 11 is 0. The van der Waals surface area contributed by atoms with Gasteiger partial charge < -0.3 is 0 Å². The molecule has 2 heteroatoms. The van der Waals surface area contributed by atoms with Gasteiger partial charge in [0.05, 0.1) is 11.4 Å². The Morgan fingerprint density at radius 3 is 1.57 bits per heavy atom. The van der Waals surface area contributed by atoms with Crippen LogP contribution in [-0.2, 0) is 0 Å². The first-order valence-electron chi connectivity index (χ1n) is 15.7. The molecular weight excluding hydrogens is 556 g/mol. The molecule has 0 aliphatic carbocycles. The van der Waals surface area contributed by atoms with E-state index < -0.39 is 0 Å². The average molecular weight is 585 g/mol. The van der Waals surface area contributed by atoms with Gasteiger partial charge in [-0.3, -0.25) is 9.97 Å². The lowest BCUT2D eigenvalue weighted by Gasteiger charge is -2.19. The minimum absolute atomic E-state index is 0.876. The number of pyridine rings is 2. The van der Waals surface area contributed by atoms with E-state index >= 15 is 0 Å². The number of fused-ring (bicyclic) bond motifs is 4. The first-order valence-corrected chi connectivity index (χ1v) is 15.7. The van der Waals surface area contributed by atoms with E-state index in [0.717, 1.165) is 22.5 Å². The lowest BCUT2D eigenvalue weighted by atomic mass is 9.84. The normalized spacial score (nSPS) is 11.5. The van der Waals surface area contributed by atoms with Crippen LogP contribution >= 0.6 is 0 Å². The van der Waals surface area contributed by atoms with Crippen molar-refractivity contribution < 1.29 is 0 Å². The molecule has 2 aromatic heterocycles. The third kappa shape index (κ3) is 4.35. The standard InChI is InChI=1S/C44H28N2/c1-2-12-35-29(10-1)11-9-17-36(35)44-39-15-5-3-13-37(39)43(38-14-4-6-16-40(38)44)33-22-21-30-26-32(20-19-31(30)27-33)34-23-24-42(46-28-34)41-18-7-8-25-45-41/h1-28H. The van der Waals surface area contributed by atoms with Crippen molar-refractivity contribution >= 4 is 43.1 Å². The van der Waals surface area contributed by atoms with Crippen molar-refractivity contribution in [1.29, 1.82) is 0 Å². The molecule has 0 spiro atoms. The van der Waals surface area contributed by atoms with Gasteiger partial charge in [-0.15, -0.1) is 0 Å². The van der Waals surface area contributed by atoms with Gasteiger partial charge in [-0.25, -0.2) is 0 Å². The summed E-state index contributed by atoms with van der Waals surface area (Å²) < 4.78 is 0. The summed E-state index contributed by atoms with van der Waals surface area (Å²) in [5, 5.41) is 10.0. The van der Waals surface area contributed by atoms with Gasteiger partial charge in [-0.1, -0.05) is 127 Å². The minimum atomic E-state index is 0.876. The van der Waals surface area contributed by atoms with E-state index in [1.165, 1.54) is 65.3 Å². The zero-order valence-corrected chi connectivity index (χ0v) is 25.1. The third-order valence-electron chi connectivity index (χ3n) is 9.14. The molecule has 0 atom stereocenters. The Labute approximate surface area is 267 Å². The Hall–Kier alpha value is -6.12. The fourth-order valence-corrected chi connectivity index (χ4v) is 6.98.